The lowest BCUT2D eigenvalue weighted by atomic mass is 9.96. The molecule has 0 saturated carbocycles. The Bertz CT molecular complexity index is 456. The fourth-order valence-electron chi connectivity index (χ4n) is 1.63. The van der Waals surface area contributed by atoms with Crippen LogP contribution in [0.15, 0.2) is 29.2 Å². The number of sulfonamides is 1. The summed E-state index contributed by atoms with van der Waals surface area (Å²) in [5, 5.41) is 0.0711. The van der Waals surface area contributed by atoms with Crippen molar-refractivity contribution < 1.29 is 8.42 Å². The van der Waals surface area contributed by atoms with Crippen molar-refractivity contribution in [3.8, 4) is 0 Å². The summed E-state index contributed by atoms with van der Waals surface area (Å²) >= 11 is 6.18. The van der Waals surface area contributed by atoms with E-state index in [1.54, 1.807) is 12.1 Å². The predicted octanol–water partition coefficient (Wildman–Crippen LogP) is 2.72. The van der Waals surface area contributed by atoms with Crippen LogP contribution in [0.3, 0.4) is 0 Å². The van der Waals surface area contributed by atoms with Crippen LogP contribution in [0.2, 0.25) is 0 Å². The lowest BCUT2D eigenvalue weighted by Gasteiger charge is -2.17. The topological polar surface area (TPSA) is 46.2 Å². The molecule has 5 heteroatoms. The van der Waals surface area contributed by atoms with Crippen LogP contribution < -0.4 is 4.72 Å². The molecule has 0 aliphatic carbocycles. The lowest BCUT2D eigenvalue weighted by Crippen LogP contribution is -2.18. The Balaban J connectivity index is 2.96. The fraction of sp³-hybridized carbons (Fsp3) is 0.500. The van der Waals surface area contributed by atoms with Crippen molar-refractivity contribution in [3.05, 3.63) is 29.8 Å². The molecule has 3 nitrogen and oxygen atoms in total. The fourth-order valence-corrected chi connectivity index (χ4v) is 2.51. The molecule has 0 saturated heterocycles. The molecular weight excluding hydrogens is 258 g/mol. The highest BCUT2D eigenvalue weighted by Gasteiger charge is 2.16. The molecule has 0 bridgehead atoms. The van der Waals surface area contributed by atoms with Crippen LogP contribution >= 0.6 is 11.6 Å². The van der Waals surface area contributed by atoms with Crippen molar-refractivity contribution in [3.63, 3.8) is 0 Å². The van der Waals surface area contributed by atoms with Gasteiger partial charge in [0.15, 0.2) is 0 Å². The van der Waals surface area contributed by atoms with Gasteiger partial charge in [-0.15, -0.1) is 11.6 Å². The van der Waals surface area contributed by atoms with Crippen LogP contribution in [0.5, 0.6) is 0 Å². The largest absolute Gasteiger partial charge is 0.240 e. The maximum absolute atomic E-state index is 11.5. The highest BCUT2D eigenvalue weighted by Crippen LogP contribution is 2.26. The minimum Gasteiger partial charge on any atom is -0.214 e. The molecule has 1 aromatic carbocycles. The van der Waals surface area contributed by atoms with E-state index in [4.69, 9.17) is 11.6 Å². The zero-order valence-electron chi connectivity index (χ0n) is 10.3. The SMILES string of the molecule is CCC(Cl)C(C)c1ccc(S(=O)(=O)NC)cc1. The molecule has 0 aromatic heterocycles. The number of alkyl halides is 1. The molecule has 1 N–H and O–H groups in total. The van der Waals surface area contributed by atoms with Crippen LogP contribution in [0, 0.1) is 0 Å². The number of hydrogen-bond donors (Lipinski definition) is 1. The maximum atomic E-state index is 11.5. The van der Waals surface area contributed by atoms with E-state index in [0.29, 0.717) is 0 Å². The van der Waals surface area contributed by atoms with Gasteiger partial charge < -0.3 is 0 Å². The molecule has 1 rings (SSSR count). The van der Waals surface area contributed by atoms with Crippen molar-refractivity contribution in [1.29, 1.82) is 0 Å². The first-order chi connectivity index (χ1) is 7.92. The van der Waals surface area contributed by atoms with E-state index in [1.807, 2.05) is 26.0 Å². The smallest absolute Gasteiger partial charge is 0.214 e. The number of rotatable bonds is 5. The second-order valence-corrected chi connectivity index (χ2v) is 6.44. The Kier molecular flexibility index (Phi) is 4.98. The molecule has 2 unspecified atom stereocenters. The molecule has 96 valence electrons. The zero-order chi connectivity index (χ0) is 13.1. The number of benzene rings is 1. The Morgan fingerprint density at radius 2 is 1.82 bits per heavy atom. The van der Waals surface area contributed by atoms with E-state index in [2.05, 4.69) is 4.72 Å². The second kappa shape index (κ2) is 5.85. The van der Waals surface area contributed by atoms with Gasteiger partial charge in [0.25, 0.3) is 0 Å². The Labute approximate surface area is 108 Å². The molecule has 17 heavy (non-hydrogen) atoms. The first-order valence-electron chi connectivity index (χ1n) is 5.60. The minimum absolute atomic E-state index is 0.0711. The molecule has 2 atom stereocenters. The Morgan fingerprint density at radius 1 is 1.29 bits per heavy atom. The predicted molar refractivity (Wildman–Crippen MR) is 71.0 cm³/mol. The zero-order valence-corrected chi connectivity index (χ0v) is 11.8. The van der Waals surface area contributed by atoms with E-state index in [1.165, 1.54) is 7.05 Å². The molecule has 0 fully saturated rings. The molecule has 0 aliphatic rings. The minimum atomic E-state index is -3.35. The van der Waals surface area contributed by atoms with Gasteiger partial charge in [-0.1, -0.05) is 26.0 Å². The molecule has 0 radical (unpaired) electrons. The van der Waals surface area contributed by atoms with E-state index < -0.39 is 10.0 Å². The molecule has 1 aromatic rings. The summed E-state index contributed by atoms with van der Waals surface area (Å²) in [6, 6.07) is 6.85. The highest BCUT2D eigenvalue weighted by atomic mass is 35.5. The Hall–Kier alpha value is -0.580. The van der Waals surface area contributed by atoms with Crippen LogP contribution in [-0.2, 0) is 10.0 Å². The highest BCUT2D eigenvalue weighted by molar-refractivity contribution is 7.89. The molecule has 0 aliphatic heterocycles. The van der Waals surface area contributed by atoms with E-state index in [-0.39, 0.29) is 16.2 Å². The van der Waals surface area contributed by atoms with Gasteiger partial charge in [0, 0.05) is 5.38 Å². The third-order valence-electron chi connectivity index (χ3n) is 2.92. The van der Waals surface area contributed by atoms with Gasteiger partial charge in [-0.2, -0.15) is 0 Å². The average Bonchev–Trinajstić information content (AvgIpc) is 2.37. The van der Waals surface area contributed by atoms with Crippen molar-refractivity contribution in [1.82, 2.24) is 4.72 Å². The second-order valence-electron chi connectivity index (χ2n) is 3.99. The molecule has 0 spiro atoms. The lowest BCUT2D eigenvalue weighted by molar-refractivity contribution is 0.588. The monoisotopic (exact) mass is 275 g/mol. The van der Waals surface area contributed by atoms with Gasteiger partial charge in [-0.3, -0.25) is 0 Å². The van der Waals surface area contributed by atoms with Gasteiger partial charge in [0.2, 0.25) is 10.0 Å². The van der Waals surface area contributed by atoms with Crippen LogP contribution in [-0.4, -0.2) is 20.8 Å². The normalized spacial score (nSPS) is 15.5. The van der Waals surface area contributed by atoms with Crippen molar-refractivity contribution >= 4 is 21.6 Å². The standard InChI is InChI=1S/C12H18ClNO2S/c1-4-12(13)9(2)10-5-7-11(8-6-10)17(15,16)14-3/h5-9,12,14H,4H2,1-3H3. The number of nitrogens with one attached hydrogen (secondary N) is 1. The number of halogens is 1. The van der Waals surface area contributed by atoms with Gasteiger partial charge >= 0.3 is 0 Å². The first kappa shape index (κ1) is 14.5. The summed E-state index contributed by atoms with van der Waals surface area (Å²) in [5.41, 5.74) is 1.06. The van der Waals surface area contributed by atoms with Crippen molar-refractivity contribution in [2.75, 3.05) is 7.05 Å². The summed E-state index contributed by atoms with van der Waals surface area (Å²) in [5.74, 6) is 0.216. The number of hydrogen-bond acceptors (Lipinski definition) is 2. The van der Waals surface area contributed by atoms with Crippen molar-refractivity contribution in [2.45, 2.75) is 36.5 Å². The van der Waals surface area contributed by atoms with Crippen LogP contribution in [0.1, 0.15) is 31.7 Å². The van der Waals surface area contributed by atoms with Crippen LogP contribution in [0.25, 0.3) is 0 Å². The summed E-state index contributed by atoms with van der Waals surface area (Å²) in [4.78, 5) is 0.276. The van der Waals surface area contributed by atoms with Crippen LogP contribution in [0.4, 0.5) is 0 Å². The quantitative estimate of drug-likeness (QED) is 0.840. The summed E-state index contributed by atoms with van der Waals surface area (Å²) < 4.78 is 25.4. The van der Waals surface area contributed by atoms with Gasteiger partial charge in [0.05, 0.1) is 4.90 Å². The summed E-state index contributed by atoms with van der Waals surface area (Å²) in [6.07, 6.45) is 0.888. The van der Waals surface area contributed by atoms with Gasteiger partial charge in [-0.25, -0.2) is 13.1 Å². The average molecular weight is 276 g/mol. The van der Waals surface area contributed by atoms with Gasteiger partial charge in [-0.05, 0) is 37.1 Å². The summed E-state index contributed by atoms with van der Waals surface area (Å²) in [6.45, 7) is 4.08. The molecular formula is C12H18ClNO2S. The summed E-state index contributed by atoms with van der Waals surface area (Å²) in [7, 11) is -1.95. The van der Waals surface area contributed by atoms with Gasteiger partial charge in [0.1, 0.15) is 0 Å². The third kappa shape index (κ3) is 3.44. The Morgan fingerprint density at radius 3 is 2.24 bits per heavy atom. The van der Waals surface area contributed by atoms with E-state index in [9.17, 15) is 8.42 Å². The van der Waals surface area contributed by atoms with E-state index >= 15 is 0 Å². The van der Waals surface area contributed by atoms with Crippen molar-refractivity contribution in [2.24, 2.45) is 0 Å². The van der Waals surface area contributed by atoms with E-state index in [0.717, 1.165) is 12.0 Å². The molecule has 0 heterocycles. The molecule has 0 amide bonds. The maximum Gasteiger partial charge on any atom is 0.240 e. The first-order valence-corrected chi connectivity index (χ1v) is 7.52. The third-order valence-corrected chi connectivity index (χ3v) is 5.03.